The summed E-state index contributed by atoms with van der Waals surface area (Å²) in [6, 6.07) is 6.57. The van der Waals surface area contributed by atoms with Crippen molar-refractivity contribution >= 4 is 0 Å². The van der Waals surface area contributed by atoms with Crippen LogP contribution in [0.25, 0.3) is 11.1 Å². The first kappa shape index (κ1) is 10.9. The first-order valence-electron chi connectivity index (χ1n) is 5.43. The monoisotopic (exact) mass is 218 g/mol. The van der Waals surface area contributed by atoms with Crippen LogP contribution >= 0.6 is 0 Å². The lowest BCUT2D eigenvalue weighted by Gasteiger charge is -2.03. The zero-order valence-electron chi connectivity index (χ0n) is 9.52. The third-order valence-corrected chi connectivity index (χ3v) is 2.34. The molecule has 2 aromatic rings. The summed E-state index contributed by atoms with van der Waals surface area (Å²) >= 11 is 0. The van der Waals surface area contributed by atoms with Gasteiger partial charge in [-0.25, -0.2) is 4.39 Å². The number of rotatable bonds is 3. The highest BCUT2D eigenvalue weighted by Crippen LogP contribution is 2.19. The van der Waals surface area contributed by atoms with E-state index in [9.17, 15) is 4.39 Å². The fraction of sp³-hybridized carbons (Fsp3) is 0.308. The van der Waals surface area contributed by atoms with Gasteiger partial charge in [0.05, 0.1) is 6.20 Å². The number of hydrogen-bond donors (Lipinski definition) is 0. The van der Waals surface area contributed by atoms with Crippen molar-refractivity contribution < 1.29 is 4.39 Å². The standard InChI is InChI=1S/C13H15FN2/c1-10(2)8-16-9-12(7-15-16)11-4-3-5-13(14)6-11/h3-7,9-10H,8H2,1-2H3. The van der Waals surface area contributed by atoms with Gasteiger partial charge >= 0.3 is 0 Å². The molecule has 0 spiro atoms. The lowest BCUT2D eigenvalue weighted by atomic mass is 10.1. The van der Waals surface area contributed by atoms with Gasteiger partial charge in [0.25, 0.3) is 0 Å². The Bertz CT molecular complexity index is 474. The van der Waals surface area contributed by atoms with Gasteiger partial charge < -0.3 is 0 Å². The van der Waals surface area contributed by atoms with Gasteiger partial charge in [-0.1, -0.05) is 26.0 Å². The van der Waals surface area contributed by atoms with Gasteiger partial charge in [-0.15, -0.1) is 0 Å². The van der Waals surface area contributed by atoms with E-state index in [2.05, 4.69) is 18.9 Å². The van der Waals surface area contributed by atoms with E-state index in [0.717, 1.165) is 17.7 Å². The fourth-order valence-corrected chi connectivity index (χ4v) is 1.65. The van der Waals surface area contributed by atoms with E-state index in [0.29, 0.717) is 5.92 Å². The topological polar surface area (TPSA) is 17.8 Å². The fourth-order valence-electron chi connectivity index (χ4n) is 1.65. The zero-order chi connectivity index (χ0) is 11.5. The Morgan fingerprint density at radius 2 is 2.12 bits per heavy atom. The Labute approximate surface area is 94.7 Å². The van der Waals surface area contributed by atoms with Gasteiger partial charge in [0, 0.05) is 18.3 Å². The Balaban J connectivity index is 2.24. The molecule has 0 atom stereocenters. The van der Waals surface area contributed by atoms with Crippen molar-refractivity contribution in [1.29, 1.82) is 0 Å². The van der Waals surface area contributed by atoms with Crippen LogP contribution in [-0.2, 0) is 6.54 Å². The van der Waals surface area contributed by atoms with Crippen molar-refractivity contribution in [1.82, 2.24) is 9.78 Å². The molecule has 2 nitrogen and oxygen atoms in total. The summed E-state index contributed by atoms with van der Waals surface area (Å²) in [5.74, 6) is 0.342. The van der Waals surface area contributed by atoms with Crippen molar-refractivity contribution in [2.75, 3.05) is 0 Å². The summed E-state index contributed by atoms with van der Waals surface area (Å²) in [5, 5.41) is 4.26. The highest BCUT2D eigenvalue weighted by molar-refractivity contribution is 5.61. The van der Waals surface area contributed by atoms with Crippen LogP contribution in [0.1, 0.15) is 13.8 Å². The Morgan fingerprint density at radius 1 is 1.31 bits per heavy atom. The SMILES string of the molecule is CC(C)Cn1cc(-c2cccc(F)c2)cn1. The molecule has 0 saturated heterocycles. The van der Waals surface area contributed by atoms with Crippen LogP contribution in [0.4, 0.5) is 4.39 Å². The maximum absolute atomic E-state index is 13.0. The first-order valence-corrected chi connectivity index (χ1v) is 5.43. The highest BCUT2D eigenvalue weighted by Gasteiger charge is 2.03. The molecule has 0 aliphatic carbocycles. The largest absolute Gasteiger partial charge is 0.272 e. The minimum Gasteiger partial charge on any atom is -0.272 e. The van der Waals surface area contributed by atoms with Crippen molar-refractivity contribution in [3.8, 4) is 11.1 Å². The molecule has 16 heavy (non-hydrogen) atoms. The first-order chi connectivity index (χ1) is 7.65. The van der Waals surface area contributed by atoms with Crippen molar-refractivity contribution in [3.05, 3.63) is 42.5 Å². The van der Waals surface area contributed by atoms with Gasteiger partial charge in [-0.05, 0) is 23.6 Å². The second-order valence-electron chi connectivity index (χ2n) is 4.36. The lowest BCUT2D eigenvalue weighted by Crippen LogP contribution is -2.03. The van der Waals surface area contributed by atoms with Crippen LogP contribution in [0, 0.1) is 11.7 Å². The van der Waals surface area contributed by atoms with Crippen LogP contribution < -0.4 is 0 Å². The molecule has 0 bridgehead atoms. The normalized spacial score (nSPS) is 11.0. The molecule has 0 amide bonds. The lowest BCUT2D eigenvalue weighted by molar-refractivity contribution is 0.483. The van der Waals surface area contributed by atoms with Crippen LogP contribution in [0.2, 0.25) is 0 Å². The molecule has 1 aromatic heterocycles. The predicted octanol–water partition coefficient (Wildman–Crippen LogP) is 3.35. The average molecular weight is 218 g/mol. The molecule has 0 saturated carbocycles. The van der Waals surface area contributed by atoms with Crippen LogP contribution in [0.5, 0.6) is 0 Å². The summed E-state index contributed by atoms with van der Waals surface area (Å²) in [6.45, 7) is 5.17. The average Bonchev–Trinajstić information content (AvgIpc) is 2.65. The van der Waals surface area contributed by atoms with E-state index >= 15 is 0 Å². The molecule has 1 heterocycles. The minimum atomic E-state index is -0.214. The molecular formula is C13H15FN2. The quantitative estimate of drug-likeness (QED) is 0.772. The smallest absolute Gasteiger partial charge is 0.123 e. The number of nitrogens with zero attached hydrogens (tertiary/aromatic N) is 2. The maximum atomic E-state index is 13.0. The predicted molar refractivity (Wildman–Crippen MR) is 62.5 cm³/mol. The van der Waals surface area contributed by atoms with Crippen LogP contribution in [0.3, 0.4) is 0 Å². The van der Waals surface area contributed by atoms with Gasteiger partial charge in [-0.3, -0.25) is 4.68 Å². The van der Waals surface area contributed by atoms with Gasteiger partial charge in [-0.2, -0.15) is 5.10 Å². The minimum absolute atomic E-state index is 0.214. The molecule has 2 rings (SSSR count). The van der Waals surface area contributed by atoms with Crippen LogP contribution in [-0.4, -0.2) is 9.78 Å². The van der Waals surface area contributed by atoms with Gasteiger partial charge in [0.15, 0.2) is 0 Å². The molecule has 3 heteroatoms. The van der Waals surface area contributed by atoms with E-state index in [1.54, 1.807) is 12.3 Å². The number of hydrogen-bond acceptors (Lipinski definition) is 1. The Hall–Kier alpha value is -1.64. The summed E-state index contributed by atoms with van der Waals surface area (Å²) < 4.78 is 14.9. The highest BCUT2D eigenvalue weighted by atomic mass is 19.1. The summed E-state index contributed by atoms with van der Waals surface area (Å²) in [5.41, 5.74) is 1.83. The zero-order valence-corrected chi connectivity index (χ0v) is 9.52. The third kappa shape index (κ3) is 2.48. The molecular weight excluding hydrogens is 203 g/mol. The number of aromatic nitrogens is 2. The van der Waals surface area contributed by atoms with Crippen LogP contribution in [0.15, 0.2) is 36.7 Å². The maximum Gasteiger partial charge on any atom is 0.123 e. The Kier molecular flexibility index (Phi) is 3.04. The molecule has 1 aromatic carbocycles. The Morgan fingerprint density at radius 3 is 2.81 bits per heavy atom. The van der Waals surface area contributed by atoms with E-state index < -0.39 is 0 Å². The third-order valence-electron chi connectivity index (χ3n) is 2.34. The van der Waals surface area contributed by atoms with Crippen molar-refractivity contribution in [3.63, 3.8) is 0 Å². The molecule has 0 N–H and O–H groups in total. The molecule has 0 fully saturated rings. The van der Waals surface area contributed by atoms with E-state index in [4.69, 9.17) is 0 Å². The second-order valence-corrected chi connectivity index (χ2v) is 4.36. The van der Waals surface area contributed by atoms with Crippen molar-refractivity contribution in [2.45, 2.75) is 20.4 Å². The second kappa shape index (κ2) is 4.47. The molecule has 0 unspecified atom stereocenters. The van der Waals surface area contributed by atoms with E-state index in [1.165, 1.54) is 12.1 Å². The molecule has 0 aliphatic rings. The molecule has 0 radical (unpaired) electrons. The molecule has 84 valence electrons. The van der Waals surface area contributed by atoms with Gasteiger partial charge in [0.1, 0.15) is 5.82 Å². The summed E-state index contributed by atoms with van der Waals surface area (Å²) in [7, 11) is 0. The molecule has 0 aliphatic heterocycles. The van der Waals surface area contributed by atoms with Gasteiger partial charge in [0.2, 0.25) is 0 Å². The summed E-state index contributed by atoms with van der Waals surface area (Å²) in [6.07, 6.45) is 3.73. The number of halogens is 1. The summed E-state index contributed by atoms with van der Waals surface area (Å²) in [4.78, 5) is 0. The van der Waals surface area contributed by atoms with E-state index in [-0.39, 0.29) is 5.82 Å². The van der Waals surface area contributed by atoms with Crippen molar-refractivity contribution in [2.24, 2.45) is 5.92 Å². The van der Waals surface area contributed by atoms with E-state index in [1.807, 2.05) is 16.9 Å². The number of benzene rings is 1.